The van der Waals surface area contributed by atoms with E-state index in [1.807, 2.05) is 24.9 Å². The number of rotatable bonds is 3. The summed E-state index contributed by atoms with van der Waals surface area (Å²) in [6, 6.07) is 2.15. The van der Waals surface area contributed by atoms with Crippen LogP contribution in [-0.4, -0.2) is 55.9 Å². The molecule has 2 atom stereocenters. The van der Waals surface area contributed by atoms with E-state index in [9.17, 15) is 0 Å². The van der Waals surface area contributed by atoms with Gasteiger partial charge in [-0.2, -0.15) is 5.10 Å². The third-order valence-electron chi connectivity index (χ3n) is 6.06. The van der Waals surface area contributed by atoms with Gasteiger partial charge in [-0.3, -0.25) is 4.68 Å². The molecule has 0 aromatic carbocycles. The van der Waals surface area contributed by atoms with E-state index in [1.54, 1.807) is 6.33 Å². The van der Waals surface area contributed by atoms with Crippen LogP contribution in [0.1, 0.15) is 31.3 Å². The van der Waals surface area contributed by atoms with Crippen molar-refractivity contribution in [3.8, 4) is 0 Å². The molecule has 28 heavy (non-hydrogen) atoms. The average molecular weight is 378 g/mol. The van der Waals surface area contributed by atoms with Gasteiger partial charge in [-0.05, 0) is 12.8 Å². The highest BCUT2D eigenvalue weighted by molar-refractivity contribution is 5.87. The predicted octanol–water partition coefficient (Wildman–Crippen LogP) is 2.16. The van der Waals surface area contributed by atoms with Crippen molar-refractivity contribution < 1.29 is 0 Å². The fourth-order valence-electron chi connectivity index (χ4n) is 4.56. The Bertz CT molecular complexity index is 1010. The largest absolute Gasteiger partial charge is 0.356 e. The zero-order valence-corrected chi connectivity index (χ0v) is 16.9. The first-order valence-corrected chi connectivity index (χ1v) is 9.97. The fraction of sp³-hybridized carbons (Fsp3) is 0.550. The Morgan fingerprint density at radius 1 is 1.00 bits per heavy atom. The van der Waals surface area contributed by atoms with Gasteiger partial charge in [-0.25, -0.2) is 19.9 Å². The van der Waals surface area contributed by atoms with E-state index in [0.717, 1.165) is 60.4 Å². The Balaban J connectivity index is 1.36. The van der Waals surface area contributed by atoms with Crippen LogP contribution in [0.5, 0.6) is 0 Å². The summed E-state index contributed by atoms with van der Waals surface area (Å²) in [6.07, 6.45) is 3.59. The summed E-state index contributed by atoms with van der Waals surface area (Å²) in [4.78, 5) is 23.1. The van der Waals surface area contributed by atoms with E-state index >= 15 is 0 Å². The molecular weight excluding hydrogens is 352 g/mol. The second kappa shape index (κ2) is 6.39. The quantitative estimate of drug-likeness (QED) is 0.691. The summed E-state index contributed by atoms with van der Waals surface area (Å²) < 4.78 is 1.83. The lowest BCUT2D eigenvalue weighted by Gasteiger charge is -2.24. The van der Waals surface area contributed by atoms with Crippen molar-refractivity contribution in [3.63, 3.8) is 0 Å². The maximum atomic E-state index is 4.76. The van der Waals surface area contributed by atoms with E-state index in [2.05, 4.69) is 49.8 Å². The molecule has 2 aliphatic heterocycles. The average Bonchev–Trinajstić information content (AvgIpc) is 3.35. The number of aromatic nitrogens is 6. The maximum Gasteiger partial charge on any atom is 0.163 e. The van der Waals surface area contributed by atoms with Crippen molar-refractivity contribution in [2.24, 2.45) is 18.9 Å². The van der Waals surface area contributed by atoms with E-state index in [-0.39, 0.29) is 0 Å². The molecule has 0 amide bonds. The topological polar surface area (TPSA) is 75.9 Å². The first-order chi connectivity index (χ1) is 13.5. The van der Waals surface area contributed by atoms with Gasteiger partial charge in [0.2, 0.25) is 0 Å². The first-order valence-electron chi connectivity index (χ1n) is 9.97. The predicted molar refractivity (Wildman–Crippen MR) is 109 cm³/mol. The Morgan fingerprint density at radius 3 is 2.43 bits per heavy atom. The van der Waals surface area contributed by atoms with Crippen LogP contribution in [0.25, 0.3) is 11.0 Å². The Morgan fingerprint density at radius 2 is 1.71 bits per heavy atom. The maximum absolute atomic E-state index is 4.76. The monoisotopic (exact) mass is 378 g/mol. The molecule has 2 fully saturated rings. The normalized spacial score (nSPS) is 21.9. The number of aryl methyl sites for hydroxylation is 2. The van der Waals surface area contributed by atoms with Crippen LogP contribution in [-0.2, 0) is 7.05 Å². The third-order valence-corrected chi connectivity index (χ3v) is 6.06. The molecule has 2 unspecified atom stereocenters. The fourth-order valence-corrected chi connectivity index (χ4v) is 4.56. The van der Waals surface area contributed by atoms with Gasteiger partial charge >= 0.3 is 0 Å². The van der Waals surface area contributed by atoms with Gasteiger partial charge in [0.05, 0.1) is 11.6 Å². The minimum absolute atomic E-state index is 0.419. The summed E-state index contributed by atoms with van der Waals surface area (Å²) in [7, 11) is 1.93. The van der Waals surface area contributed by atoms with Gasteiger partial charge < -0.3 is 9.80 Å². The SMILES string of the molecule is Cc1nc(N2CC3CN(c4cc(C(C)C)ncn4)CC3C2)c2cnn(C)c2n1. The van der Waals surface area contributed by atoms with E-state index in [1.165, 1.54) is 0 Å². The second-order valence-electron chi connectivity index (χ2n) is 8.39. The molecule has 146 valence electrons. The van der Waals surface area contributed by atoms with Crippen molar-refractivity contribution in [1.29, 1.82) is 0 Å². The van der Waals surface area contributed by atoms with Gasteiger partial charge in [0.25, 0.3) is 0 Å². The highest BCUT2D eigenvalue weighted by atomic mass is 15.3. The van der Waals surface area contributed by atoms with Crippen molar-refractivity contribution in [2.45, 2.75) is 26.7 Å². The molecule has 8 nitrogen and oxygen atoms in total. The molecular formula is C20H26N8. The van der Waals surface area contributed by atoms with Gasteiger partial charge in [0.1, 0.15) is 23.8 Å². The molecule has 5 rings (SSSR count). The highest BCUT2D eigenvalue weighted by Gasteiger charge is 2.41. The highest BCUT2D eigenvalue weighted by Crippen LogP contribution is 2.37. The van der Waals surface area contributed by atoms with E-state index in [4.69, 9.17) is 4.98 Å². The van der Waals surface area contributed by atoms with Crippen LogP contribution in [0, 0.1) is 18.8 Å². The summed E-state index contributed by atoms with van der Waals surface area (Å²) in [5.41, 5.74) is 2.02. The molecule has 0 aliphatic carbocycles. The Labute approximate surface area is 164 Å². The first kappa shape index (κ1) is 17.3. The van der Waals surface area contributed by atoms with Crippen molar-refractivity contribution in [2.75, 3.05) is 36.0 Å². The zero-order chi connectivity index (χ0) is 19.4. The van der Waals surface area contributed by atoms with E-state index in [0.29, 0.717) is 17.8 Å². The van der Waals surface area contributed by atoms with Crippen LogP contribution in [0.4, 0.5) is 11.6 Å². The number of nitrogens with zero attached hydrogens (tertiary/aromatic N) is 8. The molecule has 5 heterocycles. The lowest BCUT2D eigenvalue weighted by molar-refractivity contribution is 0.533. The lowest BCUT2D eigenvalue weighted by Crippen LogP contribution is -2.30. The molecule has 2 aliphatic rings. The van der Waals surface area contributed by atoms with Gasteiger partial charge in [0.15, 0.2) is 5.65 Å². The number of hydrogen-bond acceptors (Lipinski definition) is 7. The van der Waals surface area contributed by atoms with Crippen LogP contribution in [0.15, 0.2) is 18.6 Å². The number of fused-ring (bicyclic) bond motifs is 2. The molecule has 3 aromatic heterocycles. The molecule has 0 N–H and O–H groups in total. The standard InChI is InChI=1S/C20H26N8/c1-12(2)17-5-18(22-11-21-17)27-7-14-9-28(10-15(14)8-27)20-16-6-23-26(4)19(16)24-13(3)25-20/h5-6,11-12,14-15H,7-10H2,1-4H3. The van der Waals surface area contributed by atoms with E-state index < -0.39 is 0 Å². The minimum Gasteiger partial charge on any atom is -0.356 e. The smallest absolute Gasteiger partial charge is 0.163 e. The summed E-state index contributed by atoms with van der Waals surface area (Å²) >= 11 is 0. The summed E-state index contributed by atoms with van der Waals surface area (Å²) in [6.45, 7) is 10.4. The molecule has 8 heteroatoms. The van der Waals surface area contributed by atoms with Crippen molar-refractivity contribution >= 4 is 22.7 Å². The molecule has 3 aromatic rings. The Kier molecular flexibility index (Phi) is 3.96. The molecule has 0 radical (unpaired) electrons. The summed E-state index contributed by atoms with van der Waals surface area (Å²) in [5.74, 6) is 4.56. The number of hydrogen-bond donors (Lipinski definition) is 0. The molecule has 0 saturated carbocycles. The van der Waals surface area contributed by atoms with Gasteiger partial charge in [-0.1, -0.05) is 13.8 Å². The number of anilines is 2. The molecule has 0 bridgehead atoms. The molecule has 2 saturated heterocycles. The van der Waals surface area contributed by atoms with Crippen molar-refractivity contribution in [1.82, 2.24) is 29.7 Å². The minimum atomic E-state index is 0.419. The van der Waals surface area contributed by atoms with Crippen LogP contribution in [0.3, 0.4) is 0 Å². The van der Waals surface area contributed by atoms with Crippen molar-refractivity contribution in [3.05, 3.63) is 30.1 Å². The summed E-state index contributed by atoms with van der Waals surface area (Å²) in [5, 5.41) is 5.42. The van der Waals surface area contributed by atoms with Crippen LogP contribution >= 0.6 is 0 Å². The van der Waals surface area contributed by atoms with Crippen LogP contribution in [0.2, 0.25) is 0 Å². The Hall–Kier alpha value is -2.77. The molecule has 0 spiro atoms. The third kappa shape index (κ3) is 2.78. The second-order valence-corrected chi connectivity index (χ2v) is 8.39. The van der Waals surface area contributed by atoms with Gasteiger partial charge in [0, 0.05) is 56.8 Å². The van der Waals surface area contributed by atoms with Gasteiger partial charge in [-0.15, -0.1) is 0 Å². The zero-order valence-electron chi connectivity index (χ0n) is 16.9. The van der Waals surface area contributed by atoms with Crippen LogP contribution < -0.4 is 9.80 Å². The lowest BCUT2D eigenvalue weighted by atomic mass is 10.0.